The molecule has 1 fully saturated rings. The van der Waals surface area contributed by atoms with Gasteiger partial charge in [-0.15, -0.1) is 12.4 Å². The second kappa shape index (κ2) is 8.58. The minimum absolute atomic E-state index is 0. The first kappa shape index (κ1) is 18.9. The van der Waals surface area contributed by atoms with Crippen LogP contribution in [-0.2, 0) is 4.79 Å². The molecule has 134 valence electrons. The van der Waals surface area contributed by atoms with Crippen LogP contribution in [0.2, 0.25) is 0 Å². The van der Waals surface area contributed by atoms with Crippen molar-refractivity contribution in [1.29, 1.82) is 0 Å². The van der Waals surface area contributed by atoms with E-state index in [0.29, 0.717) is 18.3 Å². The summed E-state index contributed by atoms with van der Waals surface area (Å²) in [5, 5.41) is 6.52. The Kier molecular flexibility index (Phi) is 6.75. The summed E-state index contributed by atoms with van der Waals surface area (Å²) in [4.78, 5) is 12.3. The van der Waals surface area contributed by atoms with Crippen LogP contribution in [-0.4, -0.2) is 25.8 Å². The van der Waals surface area contributed by atoms with Gasteiger partial charge in [-0.25, -0.2) is 0 Å². The van der Waals surface area contributed by atoms with Crippen molar-refractivity contribution in [3.05, 3.63) is 23.8 Å². The fourth-order valence-corrected chi connectivity index (χ4v) is 3.39. The molecule has 2 N–H and O–H groups in total. The molecule has 0 aromatic heterocycles. The number of ether oxygens (including phenoxy) is 2. The van der Waals surface area contributed by atoms with Gasteiger partial charge in [0.1, 0.15) is 0 Å². The number of amides is 1. The fourth-order valence-electron chi connectivity index (χ4n) is 3.39. The smallest absolute Gasteiger partial charge is 0.231 e. The van der Waals surface area contributed by atoms with E-state index < -0.39 is 0 Å². The monoisotopic (exact) mass is 354 g/mol. The summed E-state index contributed by atoms with van der Waals surface area (Å²) in [5.74, 6) is 2.66. The molecule has 3 atom stereocenters. The molecule has 0 aliphatic carbocycles. The van der Waals surface area contributed by atoms with Crippen molar-refractivity contribution < 1.29 is 14.3 Å². The van der Waals surface area contributed by atoms with E-state index >= 15 is 0 Å². The van der Waals surface area contributed by atoms with Gasteiger partial charge in [0, 0.05) is 6.42 Å². The Labute approximate surface area is 149 Å². The molecule has 2 aliphatic rings. The quantitative estimate of drug-likeness (QED) is 0.853. The molecule has 0 bridgehead atoms. The number of rotatable bonds is 5. The molecule has 5 nitrogen and oxygen atoms in total. The fraction of sp³-hybridized carbons (Fsp3) is 0.611. The summed E-state index contributed by atoms with van der Waals surface area (Å²) in [5.41, 5.74) is 1.04. The Bertz CT molecular complexity index is 561. The average Bonchev–Trinajstić information content (AvgIpc) is 3.03. The van der Waals surface area contributed by atoms with Gasteiger partial charge in [0.25, 0.3) is 0 Å². The van der Waals surface area contributed by atoms with Crippen LogP contribution in [0.3, 0.4) is 0 Å². The highest BCUT2D eigenvalue weighted by Crippen LogP contribution is 2.34. The van der Waals surface area contributed by atoms with Crippen molar-refractivity contribution in [3.8, 4) is 11.5 Å². The zero-order valence-electron chi connectivity index (χ0n) is 14.3. The highest BCUT2D eigenvalue weighted by Gasteiger charge is 2.23. The number of nitrogens with one attached hydrogen (secondary N) is 2. The van der Waals surface area contributed by atoms with Gasteiger partial charge in [-0.3, -0.25) is 4.79 Å². The van der Waals surface area contributed by atoms with E-state index in [2.05, 4.69) is 17.6 Å². The maximum Gasteiger partial charge on any atom is 0.231 e. The molecule has 2 heterocycles. The predicted octanol–water partition coefficient (Wildman–Crippen LogP) is 3.04. The third-order valence-electron chi connectivity index (χ3n) is 4.92. The van der Waals surface area contributed by atoms with Crippen molar-refractivity contribution in [1.82, 2.24) is 10.6 Å². The van der Waals surface area contributed by atoms with E-state index in [9.17, 15) is 4.79 Å². The number of hydrogen-bond donors (Lipinski definition) is 2. The molecule has 24 heavy (non-hydrogen) atoms. The Hall–Kier alpha value is -1.46. The van der Waals surface area contributed by atoms with Crippen LogP contribution in [0.25, 0.3) is 0 Å². The molecule has 0 spiro atoms. The van der Waals surface area contributed by atoms with Crippen LogP contribution in [0.15, 0.2) is 18.2 Å². The van der Waals surface area contributed by atoms with E-state index in [1.165, 1.54) is 12.8 Å². The van der Waals surface area contributed by atoms with E-state index in [4.69, 9.17) is 9.47 Å². The van der Waals surface area contributed by atoms with Crippen LogP contribution in [0.4, 0.5) is 0 Å². The number of fused-ring (bicyclic) bond motifs is 1. The van der Waals surface area contributed by atoms with E-state index in [-0.39, 0.29) is 31.1 Å². The number of hydrogen-bond acceptors (Lipinski definition) is 4. The Morgan fingerprint density at radius 2 is 2.12 bits per heavy atom. The number of benzene rings is 1. The molecule has 0 radical (unpaired) electrons. The molecule has 1 aromatic rings. The predicted molar refractivity (Wildman–Crippen MR) is 95.7 cm³/mol. The van der Waals surface area contributed by atoms with Gasteiger partial charge < -0.3 is 20.1 Å². The van der Waals surface area contributed by atoms with Gasteiger partial charge in [-0.2, -0.15) is 0 Å². The minimum Gasteiger partial charge on any atom is -0.454 e. The lowest BCUT2D eigenvalue weighted by Crippen LogP contribution is -2.36. The van der Waals surface area contributed by atoms with E-state index in [1.807, 2.05) is 25.1 Å². The summed E-state index contributed by atoms with van der Waals surface area (Å²) in [7, 11) is 0. The summed E-state index contributed by atoms with van der Waals surface area (Å²) in [6, 6.07) is 5.79. The highest BCUT2D eigenvalue weighted by atomic mass is 35.5. The van der Waals surface area contributed by atoms with Gasteiger partial charge in [0.2, 0.25) is 12.7 Å². The summed E-state index contributed by atoms with van der Waals surface area (Å²) >= 11 is 0. The number of carbonyl (C=O) groups is 1. The normalized spacial score (nSPS) is 21.5. The lowest BCUT2D eigenvalue weighted by atomic mass is 9.85. The number of piperidine rings is 1. The molecule has 1 aromatic carbocycles. The van der Waals surface area contributed by atoms with Crippen LogP contribution in [0, 0.1) is 11.8 Å². The third-order valence-corrected chi connectivity index (χ3v) is 4.92. The Balaban J connectivity index is 0.00000208. The highest BCUT2D eigenvalue weighted by molar-refractivity contribution is 5.85. The van der Waals surface area contributed by atoms with Crippen molar-refractivity contribution in [2.45, 2.75) is 39.2 Å². The first-order valence-electron chi connectivity index (χ1n) is 8.53. The van der Waals surface area contributed by atoms with Crippen molar-refractivity contribution >= 4 is 18.3 Å². The molecule has 6 heteroatoms. The van der Waals surface area contributed by atoms with Gasteiger partial charge >= 0.3 is 0 Å². The standard InChI is InChI=1S/C18H26N2O3.ClH/c1-12(15-4-3-7-19-10-15)8-18(21)20-13(2)14-5-6-16-17(9-14)23-11-22-16;/h5-6,9,12-13,15,19H,3-4,7-8,10-11H2,1-2H3,(H,20,21);1H. The van der Waals surface area contributed by atoms with Crippen LogP contribution in [0.1, 0.15) is 44.7 Å². The maximum absolute atomic E-state index is 12.3. The molecule has 2 aliphatic heterocycles. The summed E-state index contributed by atoms with van der Waals surface area (Å²) < 4.78 is 10.7. The largest absolute Gasteiger partial charge is 0.454 e. The molecule has 3 unspecified atom stereocenters. The molecule has 1 amide bonds. The maximum atomic E-state index is 12.3. The van der Waals surface area contributed by atoms with E-state index in [1.54, 1.807) is 0 Å². The Morgan fingerprint density at radius 1 is 1.33 bits per heavy atom. The van der Waals surface area contributed by atoms with Crippen LogP contribution < -0.4 is 20.1 Å². The van der Waals surface area contributed by atoms with Crippen molar-refractivity contribution in [2.75, 3.05) is 19.9 Å². The first-order valence-corrected chi connectivity index (χ1v) is 8.53. The minimum atomic E-state index is -0.0336. The summed E-state index contributed by atoms with van der Waals surface area (Å²) in [6.07, 6.45) is 3.02. The zero-order chi connectivity index (χ0) is 16.2. The van der Waals surface area contributed by atoms with E-state index in [0.717, 1.165) is 30.2 Å². The second-order valence-electron chi connectivity index (χ2n) is 6.69. The third kappa shape index (κ3) is 4.54. The lowest BCUT2D eigenvalue weighted by Gasteiger charge is -2.28. The molecular weight excluding hydrogens is 328 g/mol. The number of carbonyl (C=O) groups excluding carboxylic acids is 1. The average molecular weight is 355 g/mol. The molecular formula is C18H27ClN2O3. The summed E-state index contributed by atoms with van der Waals surface area (Å²) in [6.45, 7) is 6.60. The van der Waals surface area contributed by atoms with Gasteiger partial charge in [0.15, 0.2) is 11.5 Å². The number of halogens is 1. The van der Waals surface area contributed by atoms with Gasteiger partial charge in [-0.1, -0.05) is 13.0 Å². The molecule has 0 saturated carbocycles. The zero-order valence-corrected chi connectivity index (χ0v) is 15.2. The second-order valence-corrected chi connectivity index (χ2v) is 6.69. The van der Waals surface area contributed by atoms with Crippen LogP contribution in [0.5, 0.6) is 11.5 Å². The molecule has 1 saturated heterocycles. The lowest BCUT2D eigenvalue weighted by molar-refractivity contribution is -0.123. The first-order chi connectivity index (χ1) is 11.1. The van der Waals surface area contributed by atoms with Crippen molar-refractivity contribution in [3.63, 3.8) is 0 Å². The van der Waals surface area contributed by atoms with Gasteiger partial charge in [-0.05, 0) is 62.4 Å². The van der Waals surface area contributed by atoms with Crippen molar-refractivity contribution in [2.24, 2.45) is 11.8 Å². The SMILES string of the molecule is CC(NC(=O)CC(C)C1CCCNC1)c1ccc2c(c1)OCO2.Cl. The topological polar surface area (TPSA) is 59.6 Å². The van der Waals surface area contributed by atoms with Crippen LogP contribution >= 0.6 is 12.4 Å². The van der Waals surface area contributed by atoms with Gasteiger partial charge in [0.05, 0.1) is 6.04 Å². The molecule has 3 rings (SSSR count). The Morgan fingerprint density at radius 3 is 2.88 bits per heavy atom.